The van der Waals surface area contributed by atoms with Crippen molar-refractivity contribution in [1.29, 1.82) is 0 Å². The van der Waals surface area contributed by atoms with Crippen LogP contribution in [0.4, 0.5) is 5.82 Å². The van der Waals surface area contributed by atoms with Crippen LogP contribution in [0.1, 0.15) is 11.5 Å². The van der Waals surface area contributed by atoms with E-state index < -0.39 is 10.0 Å². The summed E-state index contributed by atoms with van der Waals surface area (Å²) < 4.78 is 31.2. The lowest BCUT2D eigenvalue weighted by atomic mass is 10.4. The number of hydrogen-bond donors (Lipinski definition) is 2. The number of hydrogen-bond acceptors (Lipinski definition) is 6. The zero-order chi connectivity index (χ0) is 14.0. The number of nitrogens with zero attached hydrogens (tertiary/aromatic N) is 2. The van der Waals surface area contributed by atoms with Crippen LogP contribution in [0.25, 0.3) is 0 Å². The molecule has 9 heteroatoms. The lowest BCUT2D eigenvalue weighted by molar-refractivity contribution is 0.377. The maximum atomic E-state index is 12.0. The summed E-state index contributed by atoms with van der Waals surface area (Å²) in [5, 5.41) is 3.74. The van der Waals surface area contributed by atoms with Crippen molar-refractivity contribution in [2.45, 2.75) is 18.4 Å². The zero-order valence-corrected chi connectivity index (χ0v) is 11.5. The van der Waals surface area contributed by atoms with Gasteiger partial charge in [-0.05, 0) is 13.0 Å². The summed E-state index contributed by atoms with van der Waals surface area (Å²) in [4.78, 5) is 3.63. The maximum Gasteiger partial charge on any atom is 0.242 e. The van der Waals surface area contributed by atoms with Gasteiger partial charge in [-0.1, -0.05) is 16.8 Å². The minimum Gasteiger partial charge on any atom is -0.382 e. The molecule has 0 aromatic carbocycles. The summed E-state index contributed by atoms with van der Waals surface area (Å²) in [6.45, 7) is 1.73. The highest BCUT2D eigenvalue weighted by Crippen LogP contribution is 2.19. The lowest BCUT2D eigenvalue weighted by Crippen LogP contribution is -2.23. The minimum atomic E-state index is -3.73. The average Bonchev–Trinajstić information content (AvgIpc) is 2.76. The van der Waals surface area contributed by atoms with Gasteiger partial charge in [0.25, 0.3) is 0 Å². The fourth-order valence-electron chi connectivity index (χ4n) is 1.33. The Morgan fingerprint density at radius 3 is 2.79 bits per heavy atom. The van der Waals surface area contributed by atoms with Crippen molar-refractivity contribution in [3.63, 3.8) is 0 Å². The van der Waals surface area contributed by atoms with Crippen LogP contribution in [-0.2, 0) is 16.6 Å². The standard InChI is InChI=1S/C10H11ClN4O3S/c1-6-2-7(18-15-6)4-14-19(16,17)8-3-9(11)10(12)13-5-8/h2-3,5,14H,4H2,1H3,(H2,12,13). The number of nitrogens with two attached hydrogens (primary N) is 1. The van der Waals surface area contributed by atoms with E-state index >= 15 is 0 Å². The minimum absolute atomic E-state index is 0.00876. The molecule has 0 aliphatic carbocycles. The van der Waals surface area contributed by atoms with Crippen LogP contribution in [0.2, 0.25) is 5.02 Å². The molecule has 0 atom stereocenters. The number of nitrogen functional groups attached to an aromatic ring is 1. The predicted molar refractivity (Wildman–Crippen MR) is 68.9 cm³/mol. The summed E-state index contributed by atoms with van der Waals surface area (Å²) in [7, 11) is -3.73. The Morgan fingerprint density at radius 2 is 2.21 bits per heavy atom. The lowest BCUT2D eigenvalue weighted by Gasteiger charge is -2.05. The van der Waals surface area contributed by atoms with Gasteiger partial charge in [-0.25, -0.2) is 18.1 Å². The topological polar surface area (TPSA) is 111 Å². The molecule has 0 unspecified atom stereocenters. The van der Waals surface area contributed by atoms with Gasteiger partial charge in [-0.15, -0.1) is 0 Å². The summed E-state index contributed by atoms with van der Waals surface area (Å²) in [6.07, 6.45) is 1.13. The smallest absolute Gasteiger partial charge is 0.242 e. The SMILES string of the molecule is Cc1cc(CNS(=O)(=O)c2cnc(N)c(Cl)c2)on1. The number of anilines is 1. The van der Waals surface area contributed by atoms with E-state index in [0.717, 1.165) is 6.20 Å². The zero-order valence-electron chi connectivity index (χ0n) is 9.92. The van der Waals surface area contributed by atoms with E-state index in [1.54, 1.807) is 13.0 Å². The molecule has 3 N–H and O–H groups in total. The molecule has 7 nitrogen and oxygen atoms in total. The molecular formula is C10H11ClN4O3S. The van der Waals surface area contributed by atoms with E-state index in [0.29, 0.717) is 11.5 Å². The van der Waals surface area contributed by atoms with Crippen LogP contribution in [0.15, 0.2) is 27.7 Å². The van der Waals surface area contributed by atoms with E-state index in [2.05, 4.69) is 14.9 Å². The Balaban J connectivity index is 2.16. The van der Waals surface area contributed by atoms with Gasteiger partial charge < -0.3 is 10.3 Å². The van der Waals surface area contributed by atoms with Crippen molar-refractivity contribution in [1.82, 2.24) is 14.9 Å². The first-order chi connectivity index (χ1) is 8.88. The highest BCUT2D eigenvalue weighted by atomic mass is 35.5. The van der Waals surface area contributed by atoms with E-state index in [1.165, 1.54) is 6.07 Å². The van der Waals surface area contributed by atoms with Crippen molar-refractivity contribution < 1.29 is 12.9 Å². The van der Waals surface area contributed by atoms with Crippen molar-refractivity contribution in [3.05, 3.63) is 34.8 Å². The molecule has 0 spiro atoms. The molecule has 0 saturated carbocycles. The first-order valence-electron chi connectivity index (χ1n) is 5.21. The number of rotatable bonds is 4. The third kappa shape index (κ3) is 3.22. The monoisotopic (exact) mass is 302 g/mol. The molecular weight excluding hydrogens is 292 g/mol. The normalized spacial score (nSPS) is 11.7. The second-order valence-electron chi connectivity index (χ2n) is 3.80. The summed E-state index contributed by atoms with van der Waals surface area (Å²) in [6, 6.07) is 2.87. The highest BCUT2D eigenvalue weighted by Gasteiger charge is 2.16. The van der Waals surface area contributed by atoms with Crippen molar-refractivity contribution >= 4 is 27.4 Å². The number of nitrogens with one attached hydrogen (secondary N) is 1. The van der Waals surface area contributed by atoms with E-state index in [-0.39, 0.29) is 22.3 Å². The highest BCUT2D eigenvalue weighted by molar-refractivity contribution is 7.89. The van der Waals surface area contributed by atoms with Crippen LogP contribution in [0.5, 0.6) is 0 Å². The van der Waals surface area contributed by atoms with Gasteiger partial charge in [0.15, 0.2) is 5.76 Å². The third-order valence-corrected chi connectivity index (χ3v) is 3.94. The number of pyridine rings is 1. The average molecular weight is 303 g/mol. The second kappa shape index (κ2) is 5.16. The molecule has 2 rings (SSSR count). The predicted octanol–water partition coefficient (Wildman–Crippen LogP) is 1.09. The molecule has 2 aromatic heterocycles. The Labute approximate surface area is 114 Å². The molecule has 0 bridgehead atoms. The first kappa shape index (κ1) is 13.8. The Bertz CT molecular complexity index is 699. The van der Waals surface area contributed by atoms with Gasteiger partial charge in [-0.3, -0.25) is 0 Å². The summed E-state index contributed by atoms with van der Waals surface area (Å²) >= 11 is 5.73. The second-order valence-corrected chi connectivity index (χ2v) is 5.97. The van der Waals surface area contributed by atoms with Crippen LogP contribution in [-0.4, -0.2) is 18.6 Å². The Morgan fingerprint density at radius 1 is 1.47 bits per heavy atom. The summed E-state index contributed by atoms with van der Waals surface area (Å²) in [5.41, 5.74) is 6.09. The molecule has 0 aliphatic rings. The van der Waals surface area contributed by atoms with E-state index in [9.17, 15) is 8.42 Å². The van der Waals surface area contributed by atoms with Gasteiger partial charge in [0.2, 0.25) is 10.0 Å². The number of halogens is 1. The van der Waals surface area contributed by atoms with Crippen LogP contribution in [0, 0.1) is 6.92 Å². The van der Waals surface area contributed by atoms with Crippen LogP contribution >= 0.6 is 11.6 Å². The molecule has 19 heavy (non-hydrogen) atoms. The molecule has 0 saturated heterocycles. The van der Waals surface area contributed by atoms with E-state index in [1.807, 2.05) is 0 Å². The molecule has 102 valence electrons. The third-order valence-electron chi connectivity index (χ3n) is 2.27. The molecule has 2 heterocycles. The fourth-order valence-corrected chi connectivity index (χ4v) is 2.52. The molecule has 0 radical (unpaired) electrons. The number of sulfonamides is 1. The maximum absolute atomic E-state index is 12.0. The van der Waals surface area contributed by atoms with Crippen LogP contribution < -0.4 is 10.5 Å². The largest absolute Gasteiger partial charge is 0.382 e. The number of aromatic nitrogens is 2. The van der Waals surface area contributed by atoms with Crippen molar-refractivity contribution in [2.75, 3.05) is 5.73 Å². The van der Waals surface area contributed by atoms with E-state index in [4.69, 9.17) is 21.9 Å². The molecule has 0 amide bonds. The number of aryl methyl sites for hydroxylation is 1. The fraction of sp³-hybridized carbons (Fsp3) is 0.200. The molecule has 2 aromatic rings. The van der Waals surface area contributed by atoms with Crippen molar-refractivity contribution in [3.8, 4) is 0 Å². The Hall–Kier alpha value is -1.64. The van der Waals surface area contributed by atoms with Crippen molar-refractivity contribution in [2.24, 2.45) is 0 Å². The summed E-state index contributed by atoms with van der Waals surface area (Å²) in [5.74, 6) is 0.488. The molecule has 0 aliphatic heterocycles. The molecule has 0 fully saturated rings. The van der Waals surface area contributed by atoms with Gasteiger partial charge in [-0.2, -0.15) is 0 Å². The Kier molecular flexibility index (Phi) is 3.74. The van der Waals surface area contributed by atoms with Gasteiger partial charge >= 0.3 is 0 Å². The van der Waals surface area contributed by atoms with Gasteiger partial charge in [0, 0.05) is 12.3 Å². The van der Waals surface area contributed by atoms with Gasteiger partial charge in [0.1, 0.15) is 10.7 Å². The van der Waals surface area contributed by atoms with Crippen LogP contribution in [0.3, 0.4) is 0 Å². The first-order valence-corrected chi connectivity index (χ1v) is 7.07. The quantitative estimate of drug-likeness (QED) is 0.874. The van der Waals surface area contributed by atoms with Gasteiger partial charge in [0.05, 0.1) is 17.3 Å².